The van der Waals surface area contributed by atoms with Crippen LogP contribution in [0.1, 0.15) is 17.8 Å². The molecule has 6 N–H and O–H groups in total. The number of nitrogens with two attached hydrogens (primary N) is 3. The van der Waals surface area contributed by atoms with Crippen LogP contribution in [-0.4, -0.2) is 28.2 Å². The zero-order valence-electron chi connectivity index (χ0n) is 10.2. The maximum absolute atomic E-state index is 5.47. The van der Waals surface area contributed by atoms with Gasteiger partial charge in [0.1, 0.15) is 0 Å². The van der Waals surface area contributed by atoms with E-state index >= 15 is 0 Å². The molecule has 0 saturated heterocycles. The van der Waals surface area contributed by atoms with Gasteiger partial charge < -0.3 is 17.2 Å². The third-order valence-electron chi connectivity index (χ3n) is 2.15. The molecular formula is C10H19N7. The number of hydrogen-bond acceptors (Lipinski definition) is 2. The third kappa shape index (κ3) is 4.54. The van der Waals surface area contributed by atoms with Gasteiger partial charge in [-0.05, 0) is 26.3 Å². The standard InChI is InChI=1S/C10H19N7/c1-7-6-8(2)17(16-7)5-3-4-14-10(13)15-9(11)12/h6H,3-5H2,1-2H3,(H6,11,12,13,14,15). The molecule has 1 rings (SSSR count). The molecule has 0 unspecified atom stereocenters. The first kappa shape index (κ1) is 13.0. The Hall–Kier alpha value is -2.05. The molecule has 0 fully saturated rings. The van der Waals surface area contributed by atoms with E-state index in [9.17, 15) is 0 Å². The van der Waals surface area contributed by atoms with Crippen molar-refractivity contribution >= 4 is 11.9 Å². The summed E-state index contributed by atoms with van der Waals surface area (Å²) < 4.78 is 1.95. The van der Waals surface area contributed by atoms with E-state index in [2.05, 4.69) is 15.1 Å². The van der Waals surface area contributed by atoms with Crippen molar-refractivity contribution in [3.63, 3.8) is 0 Å². The molecule has 0 aromatic carbocycles. The lowest BCUT2D eigenvalue weighted by atomic mass is 10.4. The van der Waals surface area contributed by atoms with Crippen LogP contribution in [0.25, 0.3) is 0 Å². The Morgan fingerprint density at radius 2 is 2.06 bits per heavy atom. The SMILES string of the molecule is Cc1cc(C)n(CCCN=C(N)N=C(N)N)n1. The molecule has 17 heavy (non-hydrogen) atoms. The van der Waals surface area contributed by atoms with Gasteiger partial charge >= 0.3 is 0 Å². The second-order valence-corrected chi connectivity index (χ2v) is 3.78. The molecule has 0 radical (unpaired) electrons. The van der Waals surface area contributed by atoms with Crippen LogP contribution in [-0.2, 0) is 6.54 Å². The average Bonchev–Trinajstić information content (AvgIpc) is 2.51. The summed E-state index contributed by atoms with van der Waals surface area (Å²) in [6.45, 7) is 5.37. The summed E-state index contributed by atoms with van der Waals surface area (Å²) in [6.07, 6.45) is 0.836. The first-order valence-corrected chi connectivity index (χ1v) is 5.39. The van der Waals surface area contributed by atoms with Crippen molar-refractivity contribution in [1.29, 1.82) is 0 Å². The zero-order chi connectivity index (χ0) is 12.8. The quantitative estimate of drug-likeness (QED) is 0.370. The summed E-state index contributed by atoms with van der Waals surface area (Å²) >= 11 is 0. The van der Waals surface area contributed by atoms with Crippen molar-refractivity contribution in [2.24, 2.45) is 27.2 Å². The highest BCUT2D eigenvalue weighted by atomic mass is 15.3. The highest BCUT2D eigenvalue weighted by Gasteiger charge is 1.99. The van der Waals surface area contributed by atoms with Crippen LogP contribution in [0.15, 0.2) is 16.1 Å². The number of aliphatic imine (C=N–C) groups is 2. The van der Waals surface area contributed by atoms with E-state index in [1.54, 1.807) is 0 Å². The lowest BCUT2D eigenvalue weighted by molar-refractivity contribution is 0.568. The summed E-state index contributed by atoms with van der Waals surface area (Å²) in [5, 5.41) is 4.34. The monoisotopic (exact) mass is 237 g/mol. The fraction of sp³-hybridized carbons (Fsp3) is 0.500. The maximum Gasteiger partial charge on any atom is 0.218 e. The molecule has 0 atom stereocenters. The predicted octanol–water partition coefficient (Wildman–Crippen LogP) is -0.522. The molecule has 1 heterocycles. The van der Waals surface area contributed by atoms with E-state index in [1.165, 1.54) is 0 Å². The molecule has 0 amide bonds. The van der Waals surface area contributed by atoms with Gasteiger partial charge in [-0.25, -0.2) is 0 Å². The van der Waals surface area contributed by atoms with Gasteiger partial charge in [-0.1, -0.05) is 0 Å². The van der Waals surface area contributed by atoms with Crippen LogP contribution in [0.3, 0.4) is 0 Å². The Bertz CT molecular complexity index is 426. The van der Waals surface area contributed by atoms with E-state index in [-0.39, 0.29) is 11.9 Å². The highest BCUT2D eigenvalue weighted by molar-refractivity contribution is 5.92. The van der Waals surface area contributed by atoms with Crippen molar-refractivity contribution in [2.75, 3.05) is 6.54 Å². The minimum atomic E-state index is -0.0789. The van der Waals surface area contributed by atoms with Crippen LogP contribution in [0, 0.1) is 13.8 Å². The number of nitrogens with zero attached hydrogens (tertiary/aromatic N) is 4. The van der Waals surface area contributed by atoms with Crippen LogP contribution in [0.5, 0.6) is 0 Å². The summed E-state index contributed by atoms with van der Waals surface area (Å²) in [5.74, 6) is 0.0307. The van der Waals surface area contributed by atoms with E-state index in [1.807, 2.05) is 24.6 Å². The minimum absolute atomic E-state index is 0.0789. The predicted molar refractivity (Wildman–Crippen MR) is 68.6 cm³/mol. The van der Waals surface area contributed by atoms with E-state index in [4.69, 9.17) is 17.2 Å². The molecule has 0 aliphatic rings. The van der Waals surface area contributed by atoms with Gasteiger partial charge in [0.05, 0.1) is 5.69 Å². The topological polar surface area (TPSA) is 121 Å². The second kappa shape index (κ2) is 5.88. The first-order valence-electron chi connectivity index (χ1n) is 5.39. The Morgan fingerprint density at radius 3 is 2.59 bits per heavy atom. The van der Waals surface area contributed by atoms with Gasteiger partial charge in [0.15, 0.2) is 5.96 Å². The lowest BCUT2D eigenvalue weighted by Gasteiger charge is -2.02. The number of guanidine groups is 2. The van der Waals surface area contributed by atoms with Crippen molar-refractivity contribution in [3.05, 3.63) is 17.5 Å². The molecule has 0 spiro atoms. The number of aryl methyl sites for hydroxylation is 3. The molecule has 94 valence electrons. The summed E-state index contributed by atoms with van der Waals surface area (Å²) in [4.78, 5) is 7.64. The molecule has 0 saturated carbocycles. The van der Waals surface area contributed by atoms with Crippen molar-refractivity contribution in [2.45, 2.75) is 26.8 Å². The molecular weight excluding hydrogens is 218 g/mol. The average molecular weight is 237 g/mol. The summed E-state index contributed by atoms with van der Waals surface area (Å²) in [5.41, 5.74) is 18.0. The highest BCUT2D eigenvalue weighted by Crippen LogP contribution is 2.02. The van der Waals surface area contributed by atoms with Crippen LogP contribution < -0.4 is 17.2 Å². The van der Waals surface area contributed by atoms with Crippen molar-refractivity contribution in [1.82, 2.24) is 9.78 Å². The van der Waals surface area contributed by atoms with E-state index in [0.29, 0.717) is 6.54 Å². The Balaban J connectivity index is 2.39. The third-order valence-corrected chi connectivity index (χ3v) is 2.15. The Kier molecular flexibility index (Phi) is 4.50. The summed E-state index contributed by atoms with van der Waals surface area (Å²) in [7, 11) is 0. The molecule has 0 bridgehead atoms. The van der Waals surface area contributed by atoms with E-state index in [0.717, 1.165) is 24.4 Å². The van der Waals surface area contributed by atoms with Crippen LogP contribution in [0.2, 0.25) is 0 Å². The fourth-order valence-electron chi connectivity index (χ4n) is 1.48. The molecule has 0 aliphatic heterocycles. The smallest absolute Gasteiger partial charge is 0.218 e. The van der Waals surface area contributed by atoms with Gasteiger partial charge in [0.25, 0.3) is 0 Å². The van der Waals surface area contributed by atoms with Gasteiger partial charge in [-0.15, -0.1) is 0 Å². The van der Waals surface area contributed by atoms with Crippen LogP contribution >= 0.6 is 0 Å². The summed E-state index contributed by atoms with van der Waals surface area (Å²) in [6, 6.07) is 2.04. The van der Waals surface area contributed by atoms with Gasteiger partial charge in [-0.3, -0.25) is 9.67 Å². The zero-order valence-corrected chi connectivity index (χ0v) is 10.2. The largest absolute Gasteiger partial charge is 0.370 e. The lowest BCUT2D eigenvalue weighted by Crippen LogP contribution is -2.26. The normalized spacial score (nSPS) is 11.5. The molecule has 1 aromatic heterocycles. The first-order chi connectivity index (χ1) is 7.99. The van der Waals surface area contributed by atoms with E-state index < -0.39 is 0 Å². The van der Waals surface area contributed by atoms with Crippen molar-refractivity contribution < 1.29 is 0 Å². The number of hydrogen-bond donors (Lipinski definition) is 3. The molecule has 0 aliphatic carbocycles. The van der Waals surface area contributed by atoms with Gasteiger partial charge in [-0.2, -0.15) is 10.1 Å². The minimum Gasteiger partial charge on any atom is -0.370 e. The number of aromatic nitrogens is 2. The maximum atomic E-state index is 5.47. The molecule has 7 heteroatoms. The van der Waals surface area contributed by atoms with Gasteiger partial charge in [0, 0.05) is 18.8 Å². The Labute approximate surface area is 100 Å². The second-order valence-electron chi connectivity index (χ2n) is 3.78. The van der Waals surface area contributed by atoms with Crippen LogP contribution in [0.4, 0.5) is 0 Å². The fourth-order valence-corrected chi connectivity index (χ4v) is 1.48. The number of rotatable bonds is 4. The molecule has 7 nitrogen and oxygen atoms in total. The molecule has 1 aromatic rings. The van der Waals surface area contributed by atoms with Gasteiger partial charge in [0.2, 0.25) is 5.96 Å². The Morgan fingerprint density at radius 1 is 1.35 bits per heavy atom. The van der Waals surface area contributed by atoms with Crippen molar-refractivity contribution in [3.8, 4) is 0 Å².